The molecule has 1 aromatic carbocycles. The topological polar surface area (TPSA) is 111 Å². The van der Waals surface area contributed by atoms with Gasteiger partial charge in [0.25, 0.3) is 5.56 Å². The lowest BCUT2D eigenvalue weighted by atomic mass is 10.1. The largest absolute Gasteiger partial charge is 0.465 e. The van der Waals surface area contributed by atoms with Crippen LogP contribution < -0.4 is 10.9 Å². The molecule has 2 N–H and O–H groups in total. The summed E-state index contributed by atoms with van der Waals surface area (Å²) in [5, 5.41) is 13.4. The number of methoxy groups -OCH3 is 1. The fourth-order valence-corrected chi connectivity index (χ4v) is 3.94. The van der Waals surface area contributed by atoms with Crippen molar-refractivity contribution in [1.29, 1.82) is 0 Å². The third-order valence-electron chi connectivity index (χ3n) is 4.84. The average Bonchev–Trinajstić information content (AvgIpc) is 3.53. The Kier molecular flexibility index (Phi) is 6.59. The second-order valence-electron chi connectivity index (χ2n) is 7.36. The number of nitrogens with one attached hydrogen (secondary N) is 1. The summed E-state index contributed by atoms with van der Waals surface area (Å²) >= 11 is 1.13. The molecule has 1 aliphatic rings. The number of nitrogens with zero attached hydrogens (tertiary/aromatic N) is 2. The molecule has 2 atom stereocenters. The van der Waals surface area contributed by atoms with Crippen LogP contribution in [-0.4, -0.2) is 51.5 Å². The zero-order valence-electron chi connectivity index (χ0n) is 16.7. The van der Waals surface area contributed by atoms with Crippen LogP contribution in [0.3, 0.4) is 0 Å². The predicted octanol–water partition coefficient (Wildman–Crippen LogP) is 1.57. The van der Waals surface area contributed by atoms with Crippen LogP contribution in [0.25, 0.3) is 10.9 Å². The standard InChI is InChI=1S/C20H25N3O5S/c1-11(24)9-23-18(26)15-7-6-14(19(27)28-3)8-16(15)22-20(23)29-10-17(25)21-12(2)13-4-5-13/h6-8,11-13,24H,4-5,9-10H2,1-3H3,(H,21,25)/t11-,12+/m1/s1. The third-order valence-corrected chi connectivity index (χ3v) is 5.81. The van der Waals surface area contributed by atoms with Crippen LogP contribution >= 0.6 is 11.8 Å². The smallest absolute Gasteiger partial charge is 0.337 e. The highest BCUT2D eigenvalue weighted by Crippen LogP contribution is 2.32. The van der Waals surface area contributed by atoms with Crippen molar-refractivity contribution in [2.75, 3.05) is 12.9 Å². The van der Waals surface area contributed by atoms with Crippen molar-refractivity contribution < 1.29 is 19.4 Å². The minimum atomic E-state index is -0.760. The summed E-state index contributed by atoms with van der Waals surface area (Å²) in [6, 6.07) is 4.65. The van der Waals surface area contributed by atoms with Crippen molar-refractivity contribution in [3.8, 4) is 0 Å². The molecule has 29 heavy (non-hydrogen) atoms. The van der Waals surface area contributed by atoms with Gasteiger partial charge in [-0.1, -0.05) is 11.8 Å². The lowest BCUT2D eigenvalue weighted by molar-refractivity contribution is -0.119. The highest BCUT2D eigenvalue weighted by molar-refractivity contribution is 7.99. The van der Waals surface area contributed by atoms with E-state index in [-0.39, 0.29) is 35.4 Å². The maximum atomic E-state index is 12.9. The van der Waals surface area contributed by atoms with E-state index >= 15 is 0 Å². The van der Waals surface area contributed by atoms with E-state index in [9.17, 15) is 19.5 Å². The van der Waals surface area contributed by atoms with Gasteiger partial charge in [-0.2, -0.15) is 0 Å². The number of esters is 1. The van der Waals surface area contributed by atoms with Gasteiger partial charge in [0.15, 0.2) is 5.16 Å². The number of aliphatic hydroxyl groups is 1. The summed E-state index contributed by atoms with van der Waals surface area (Å²) < 4.78 is 6.09. The molecule has 8 nitrogen and oxygen atoms in total. The number of rotatable bonds is 8. The number of carbonyl (C=O) groups excluding carboxylic acids is 2. The zero-order chi connectivity index (χ0) is 21.1. The van der Waals surface area contributed by atoms with Crippen molar-refractivity contribution in [3.63, 3.8) is 0 Å². The maximum Gasteiger partial charge on any atom is 0.337 e. The van der Waals surface area contributed by atoms with E-state index in [0.29, 0.717) is 22.0 Å². The number of amides is 1. The molecule has 9 heteroatoms. The molecule has 1 amide bonds. The van der Waals surface area contributed by atoms with Crippen LogP contribution in [-0.2, 0) is 16.1 Å². The summed E-state index contributed by atoms with van der Waals surface area (Å²) in [5.41, 5.74) is 0.294. The van der Waals surface area contributed by atoms with Crippen molar-refractivity contribution >= 4 is 34.5 Å². The monoisotopic (exact) mass is 419 g/mol. The van der Waals surface area contributed by atoms with E-state index in [4.69, 9.17) is 4.74 Å². The van der Waals surface area contributed by atoms with Gasteiger partial charge in [0, 0.05) is 6.04 Å². The second-order valence-corrected chi connectivity index (χ2v) is 8.31. The number of benzene rings is 1. The van der Waals surface area contributed by atoms with Crippen LogP contribution in [0.4, 0.5) is 0 Å². The average molecular weight is 420 g/mol. The van der Waals surface area contributed by atoms with Gasteiger partial charge in [-0.3, -0.25) is 14.2 Å². The highest BCUT2D eigenvalue weighted by Gasteiger charge is 2.29. The first-order valence-corrected chi connectivity index (χ1v) is 10.5. The van der Waals surface area contributed by atoms with Gasteiger partial charge in [0.05, 0.1) is 42.0 Å². The number of fused-ring (bicyclic) bond motifs is 1. The Balaban J connectivity index is 1.90. The molecule has 0 bridgehead atoms. The van der Waals surface area contributed by atoms with Crippen LogP contribution in [0.15, 0.2) is 28.2 Å². The highest BCUT2D eigenvalue weighted by atomic mass is 32.2. The Morgan fingerprint density at radius 2 is 2.10 bits per heavy atom. The number of carbonyl (C=O) groups is 2. The van der Waals surface area contributed by atoms with Crippen LogP contribution in [0, 0.1) is 5.92 Å². The molecule has 2 aromatic rings. The van der Waals surface area contributed by atoms with E-state index in [0.717, 1.165) is 24.6 Å². The van der Waals surface area contributed by atoms with Gasteiger partial charge >= 0.3 is 5.97 Å². The Morgan fingerprint density at radius 3 is 2.72 bits per heavy atom. The summed E-state index contributed by atoms with van der Waals surface area (Å²) in [5.74, 6) is -0.000958. The quantitative estimate of drug-likeness (QED) is 0.380. The Labute approximate surface area is 172 Å². The van der Waals surface area contributed by atoms with E-state index in [2.05, 4.69) is 10.3 Å². The molecule has 1 heterocycles. The minimum Gasteiger partial charge on any atom is -0.465 e. The van der Waals surface area contributed by atoms with Crippen molar-refractivity contribution in [2.24, 2.45) is 5.92 Å². The second kappa shape index (κ2) is 8.96. The number of thioether (sulfide) groups is 1. The van der Waals surface area contributed by atoms with Gasteiger partial charge in [-0.25, -0.2) is 9.78 Å². The summed E-state index contributed by atoms with van der Waals surface area (Å²) in [6.45, 7) is 3.63. The van der Waals surface area contributed by atoms with Crippen LogP contribution in [0.1, 0.15) is 37.0 Å². The SMILES string of the molecule is COC(=O)c1ccc2c(=O)n(C[C@@H](C)O)c(SCC(=O)N[C@@H](C)C3CC3)nc2c1. The number of aliphatic hydroxyl groups excluding tert-OH is 1. The first kappa shape index (κ1) is 21.3. The van der Waals surface area contributed by atoms with Gasteiger partial charge < -0.3 is 15.2 Å². The first-order valence-electron chi connectivity index (χ1n) is 9.53. The van der Waals surface area contributed by atoms with Gasteiger partial charge in [-0.15, -0.1) is 0 Å². The van der Waals surface area contributed by atoms with Crippen molar-refractivity contribution in [1.82, 2.24) is 14.9 Å². The molecule has 1 aromatic heterocycles. The van der Waals surface area contributed by atoms with E-state index in [1.54, 1.807) is 6.92 Å². The molecule has 1 fully saturated rings. The van der Waals surface area contributed by atoms with E-state index in [1.807, 2.05) is 6.92 Å². The molecular formula is C20H25N3O5S. The van der Waals surface area contributed by atoms with Crippen LogP contribution in [0.5, 0.6) is 0 Å². The third kappa shape index (κ3) is 5.16. The Bertz CT molecular complexity index is 984. The molecule has 1 saturated carbocycles. The van der Waals surface area contributed by atoms with Crippen molar-refractivity contribution in [2.45, 2.75) is 50.5 Å². The summed E-state index contributed by atoms with van der Waals surface area (Å²) in [6.07, 6.45) is 1.51. The Morgan fingerprint density at radius 1 is 1.38 bits per heavy atom. The fourth-order valence-electron chi connectivity index (χ4n) is 3.12. The molecule has 0 aliphatic heterocycles. The van der Waals surface area contributed by atoms with Gasteiger partial charge in [0.1, 0.15) is 0 Å². The maximum absolute atomic E-state index is 12.9. The van der Waals surface area contributed by atoms with Gasteiger partial charge in [-0.05, 0) is 50.8 Å². The summed E-state index contributed by atoms with van der Waals surface area (Å²) in [7, 11) is 1.28. The number of hydrogen-bond donors (Lipinski definition) is 2. The fraction of sp³-hybridized carbons (Fsp3) is 0.500. The molecule has 156 valence electrons. The summed E-state index contributed by atoms with van der Waals surface area (Å²) in [4.78, 5) is 41.5. The van der Waals surface area contributed by atoms with E-state index in [1.165, 1.54) is 29.9 Å². The molecular weight excluding hydrogens is 394 g/mol. The first-order chi connectivity index (χ1) is 13.8. The Hall–Kier alpha value is -2.39. The molecule has 1 aliphatic carbocycles. The normalized spacial score (nSPS) is 15.7. The van der Waals surface area contributed by atoms with E-state index < -0.39 is 12.1 Å². The van der Waals surface area contributed by atoms with Crippen molar-refractivity contribution in [3.05, 3.63) is 34.1 Å². The number of hydrogen-bond acceptors (Lipinski definition) is 7. The number of ether oxygens (including phenoxy) is 1. The molecule has 0 radical (unpaired) electrons. The number of aromatic nitrogens is 2. The molecule has 0 saturated heterocycles. The lowest BCUT2D eigenvalue weighted by Gasteiger charge is -2.16. The molecule has 0 unspecified atom stereocenters. The molecule has 3 rings (SSSR count). The predicted molar refractivity (Wildman–Crippen MR) is 110 cm³/mol. The minimum absolute atomic E-state index is 0.0585. The van der Waals surface area contributed by atoms with Crippen LogP contribution in [0.2, 0.25) is 0 Å². The zero-order valence-corrected chi connectivity index (χ0v) is 17.5. The van der Waals surface area contributed by atoms with Gasteiger partial charge in [0.2, 0.25) is 5.91 Å². The lowest BCUT2D eigenvalue weighted by Crippen LogP contribution is -2.35. The molecule has 0 spiro atoms.